The molecular weight excluding hydrogens is 731 g/mol. The Labute approximate surface area is 350 Å². The summed E-state index contributed by atoms with van der Waals surface area (Å²) in [6.45, 7) is 24.4. The van der Waals surface area contributed by atoms with Crippen LogP contribution >= 0.6 is 12.2 Å². The number of benzene rings is 3. The molecule has 3 aromatic rings. The average molecular weight is 804 g/mol. The highest BCUT2D eigenvalue weighted by molar-refractivity contribution is 7.78. The highest BCUT2D eigenvalue weighted by Crippen LogP contribution is 2.38. The first-order valence-corrected chi connectivity index (χ1v) is 20.5. The Bertz CT molecular complexity index is 1790. The lowest BCUT2D eigenvalue weighted by molar-refractivity contribution is 0.394. The number of phenols is 3. The fourth-order valence-corrected chi connectivity index (χ4v) is 6.51. The van der Waals surface area contributed by atoms with Crippen LogP contribution in [-0.2, 0) is 22.7 Å². The molecule has 0 aliphatic carbocycles. The minimum atomic E-state index is -0.00653. The number of phenolic OH excluding ortho intramolecular Hbond substituents is 3. The van der Waals surface area contributed by atoms with Crippen LogP contribution in [0.5, 0.6) is 34.5 Å². The van der Waals surface area contributed by atoms with E-state index in [1.54, 1.807) is 39.5 Å². The van der Waals surface area contributed by atoms with Crippen molar-refractivity contribution < 1.29 is 29.5 Å². The van der Waals surface area contributed by atoms with Gasteiger partial charge in [0.05, 0.1) is 26.5 Å². The zero-order valence-electron chi connectivity index (χ0n) is 37.6. The number of thiocarbonyl (C=S) groups is 1. The summed E-state index contributed by atoms with van der Waals surface area (Å²) < 4.78 is 15.8. The van der Waals surface area contributed by atoms with Crippen LogP contribution in [0.2, 0.25) is 0 Å². The molecular formula is C49H73NO6S. The third kappa shape index (κ3) is 18.3. The van der Waals surface area contributed by atoms with Crippen LogP contribution < -0.4 is 14.2 Å². The molecule has 0 bridgehead atoms. The van der Waals surface area contributed by atoms with Crippen molar-refractivity contribution in [1.29, 1.82) is 0 Å². The summed E-state index contributed by atoms with van der Waals surface area (Å²) in [6.07, 6.45) is 12.6. The van der Waals surface area contributed by atoms with Crippen LogP contribution in [-0.4, -0.2) is 48.4 Å². The maximum Gasteiger partial charge on any atom is 0.126 e. The molecule has 0 aliphatic heterocycles. The van der Waals surface area contributed by atoms with Crippen molar-refractivity contribution in [2.24, 2.45) is 4.99 Å². The maximum atomic E-state index is 10.2. The zero-order valence-corrected chi connectivity index (χ0v) is 38.4. The molecule has 7 nitrogen and oxygen atoms in total. The van der Waals surface area contributed by atoms with Crippen LogP contribution in [0.4, 0.5) is 0 Å². The molecule has 0 saturated heterocycles. The minimum absolute atomic E-state index is 0.00653. The number of hydrogen-bond donors (Lipinski definition) is 3. The largest absolute Gasteiger partial charge is 0.508 e. The van der Waals surface area contributed by atoms with Gasteiger partial charge >= 0.3 is 0 Å². The van der Waals surface area contributed by atoms with Gasteiger partial charge in [-0.25, -0.2) is 4.99 Å². The van der Waals surface area contributed by atoms with Crippen LogP contribution in [0.15, 0.2) is 76.8 Å². The van der Waals surface area contributed by atoms with Crippen molar-refractivity contribution in [2.45, 2.75) is 144 Å². The SMILES string of the molecule is CCc1c(O)cc(C(C)(C)CCC=C(C)C)cc1OC.COc1cc(O)cc(C(C)(C)CCC=C(C)C)c1.COc1cc(O)cc(C(C)(C)CCCCN=C=S)c1. The summed E-state index contributed by atoms with van der Waals surface area (Å²) in [5.74, 6) is 3.04. The van der Waals surface area contributed by atoms with E-state index in [4.69, 9.17) is 14.2 Å². The van der Waals surface area contributed by atoms with Gasteiger partial charge in [0, 0.05) is 24.2 Å². The van der Waals surface area contributed by atoms with Gasteiger partial charge in [-0.05, 0) is 154 Å². The number of ether oxygens (including phenoxy) is 3. The molecule has 0 radical (unpaired) electrons. The molecule has 0 unspecified atom stereocenters. The second-order valence-electron chi connectivity index (χ2n) is 17.1. The number of rotatable bonds is 18. The lowest BCUT2D eigenvalue weighted by atomic mass is 9.79. The summed E-state index contributed by atoms with van der Waals surface area (Å²) in [5, 5.41) is 32.0. The summed E-state index contributed by atoms with van der Waals surface area (Å²) in [7, 11) is 4.89. The van der Waals surface area contributed by atoms with Gasteiger partial charge in [0.15, 0.2) is 0 Å². The highest BCUT2D eigenvalue weighted by Gasteiger charge is 2.24. The zero-order chi connectivity index (χ0) is 43.4. The van der Waals surface area contributed by atoms with Gasteiger partial charge in [-0.1, -0.05) is 78.2 Å². The van der Waals surface area contributed by atoms with Crippen LogP contribution in [0.25, 0.3) is 0 Å². The van der Waals surface area contributed by atoms with E-state index >= 15 is 0 Å². The first kappa shape index (κ1) is 50.8. The van der Waals surface area contributed by atoms with E-state index in [-0.39, 0.29) is 27.7 Å². The molecule has 316 valence electrons. The molecule has 0 atom stereocenters. The number of unbranched alkanes of at least 4 members (excludes halogenated alkanes) is 1. The van der Waals surface area contributed by atoms with Crippen molar-refractivity contribution >= 4 is 17.4 Å². The molecule has 57 heavy (non-hydrogen) atoms. The number of aliphatic imine (C=N–C) groups is 1. The Hall–Kier alpha value is -4.26. The first-order chi connectivity index (χ1) is 26.7. The van der Waals surface area contributed by atoms with Gasteiger partial charge < -0.3 is 29.5 Å². The third-order valence-electron chi connectivity index (χ3n) is 10.4. The van der Waals surface area contributed by atoms with Gasteiger partial charge in [-0.2, -0.15) is 0 Å². The minimum Gasteiger partial charge on any atom is -0.508 e. The normalized spacial score (nSPS) is 11.1. The molecule has 0 fully saturated rings. The van der Waals surface area contributed by atoms with Gasteiger partial charge in [-0.3, -0.25) is 0 Å². The first-order valence-electron chi connectivity index (χ1n) is 20.1. The quantitative estimate of drug-likeness (QED) is 0.0509. The van der Waals surface area contributed by atoms with E-state index in [2.05, 4.69) is 110 Å². The number of isothiocyanates is 1. The maximum absolute atomic E-state index is 10.2. The van der Waals surface area contributed by atoms with E-state index in [1.807, 2.05) is 31.2 Å². The number of aromatic hydroxyl groups is 3. The number of hydrogen-bond acceptors (Lipinski definition) is 8. The molecule has 0 saturated carbocycles. The predicted molar refractivity (Wildman–Crippen MR) is 244 cm³/mol. The number of nitrogens with zero attached hydrogens (tertiary/aromatic N) is 1. The lowest BCUT2D eigenvalue weighted by Gasteiger charge is -2.26. The van der Waals surface area contributed by atoms with Gasteiger partial charge in [0.25, 0.3) is 0 Å². The van der Waals surface area contributed by atoms with Crippen molar-refractivity contribution in [3.8, 4) is 34.5 Å². The molecule has 0 aliphatic rings. The van der Waals surface area contributed by atoms with Crippen molar-refractivity contribution in [1.82, 2.24) is 0 Å². The van der Waals surface area contributed by atoms with Crippen LogP contribution in [0.1, 0.15) is 143 Å². The second kappa shape index (κ2) is 24.5. The molecule has 3 aromatic carbocycles. The summed E-state index contributed by atoms with van der Waals surface area (Å²) in [6, 6.07) is 14.8. The highest BCUT2D eigenvalue weighted by atomic mass is 32.1. The molecule has 0 amide bonds. The molecule has 3 rings (SSSR count). The Kier molecular flexibility index (Phi) is 21.8. The molecule has 0 spiro atoms. The van der Waals surface area contributed by atoms with E-state index in [0.717, 1.165) is 85.9 Å². The Balaban J connectivity index is 0.000000428. The standard InChI is InChI=1S/C18H28O2.C16H24O2.C15H21NO2S/c1-7-15-16(19)11-14(12-17(15)20-6)18(4,5)10-8-9-13(2)3;1-12(2)7-6-8-16(3,4)13-9-14(17)11-15(10-13)18-5;1-15(2,6-4-5-7-16-11-19)12-8-13(17)10-14(9-12)18-3/h9,11-12,19H,7-8,10H2,1-6H3;7,9-11,17H,6,8H2,1-5H3;8-10,17H,4-7H2,1-3H3. The monoisotopic (exact) mass is 804 g/mol. The summed E-state index contributed by atoms with van der Waals surface area (Å²) >= 11 is 4.54. The Morgan fingerprint density at radius 2 is 1.07 bits per heavy atom. The van der Waals surface area contributed by atoms with E-state index in [9.17, 15) is 15.3 Å². The van der Waals surface area contributed by atoms with E-state index in [1.165, 1.54) is 11.1 Å². The van der Waals surface area contributed by atoms with Crippen LogP contribution in [0.3, 0.4) is 0 Å². The van der Waals surface area contributed by atoms with Crippen molar-refractivity contribution in [3.05, 3.63) is 94.1 Å². The lowest BCUT2D eigenvalue weighted by Crippen LogP contribution is -2.17. The molecule has 0 aromatic heterocycles. The van der Waals surface area contributed by atoms with Crippen molar-refractivity contribution in [2.75, 3.05) is 27.9 Å². The van der Waals surface area contributed by atoms with Crippen LogP contribution in [0, 0.1) is 0 Å². The van der Waals surface area contributed by atoms with Gasteiger partial charge in [0.1, 0.15) is 34.5 Å². The Morgan fingerprint density at radius 1 is 0.632 bits per heavy atom. The molecule has 3 N–H and O–H groups in total. The fraction of sp³-hybridized carbons (Fsp3) is 0.531. The smallest absolute Gasteiger partial charge is 0.126 e. The van der Waals surface area contributed by atoms with Crippen molar-refractivity contribution in [3.63, 3.8) is 0 Å². The number of allylic oxidation sites excluding steroid dienone is 4. The van der Waals surface area contributed by atoms with E-state index < -0.39 is 0 Å². The Morgan fingerprint density at radius 3 is 1.46 bits per heavy atom. The third-order valence-corrected chi connectivity index (χ3v) is 10.5. The predicted octanol–water partition coefficient (Wildman–Crippen LogP) is 13.4. The van der Waals surface area contributed by atoms with Gasteiger partial charge in [0.2, 0.25) is 0 Å². The number of methoxy groups -OCH3 is 3. The summed E-state index contributed by atoms with van der Waals surface area (Å²) in [4.78, 5) is 3.91. The second-order valence-corrected chi connectivity index (χ2v) is 17.3. The van der Waals surface area contributed by atoms with E-state index in [0.29, 0.717) is 17.2 Å². The fourth-order valence-electron chi connectivity index (χ4n) is 6.42. The summed E-state index contributed by atoms with van der Waals surface area (Å²) in [5.41, 5.74) is 6.95. The molecule has 0 heterocycles. The topological polar surface area (TPSA) is 101 Å². The van der Waals surface area contributed by atoms with Gasteiger partial charge in [-0.15, -0.1) is 0 Å². The average Bonchev–Trinajstić information content (AvgIpc) is 3.13. The molecule has 8 heteroatoms.